The first-order chi connectivity index (χ1) is 12.9. The van der Waals surface area contributed by atoms with Crippen molar-refractivity contribution in [2.24, 2.45) is 0 Å². The molecule has 0 aliphatic rings. The average molecular weight is 365 g/mol. The highest BCUT2D eigenvalue weighted by atomic mass is 16.5. The number of hydrogen-bond donors (Lipinski definition) is 2. The number of para-hydroxylation sites is 1. The molecule has 2 N–H and O–H groups in total. The molecule has 2 rings (SSSR count). The smallest absolute Gasteiger partial charge is 0.265 e. The van der Waals surface area contributed by atoms with Crippen LogP contribution in [0.4, 0.5) is 11.4 Å². The third-order valence-electron chi connectivity index (χ3n) is 3.89. The molecule has 1 unspecified atom stereocenters. The quantitative estimate of drug-likeness (QED) is 0.774. The lowest BCUT2D eigenvalue weighted by Crippen LogP contribution is -2.30. The van der Waals surface area contributed by atoms with Crippen molar-refractivity contribution in [1.29, 1.82) is 5.26 Å². The zero-order valence-corrected chi connectivity index (χ0v) is 15.7. The molecule has 0 bridgehead atoms. The van der Waals surface area contributed by atoms with Gasteiger partial charge in [0, 0.05) is 11.4 Å². The SMILES string of the molecule is CC(Oc1ccccc1C(C)C)C(=O)Nc1ccc(NC(=O)CC#N)cc1. The molecular formula is C21H23N3O3. The second-order valence-electron chi connectivity index (χ2n) is 6.40. The number of anilines is 2. The topological polar surface area (TPSA) is 91.2 Å². The lowest BCUT2D eigenvalue weighted by molar-refractivity contribution is -0.122. The van der Waals surface area contributed by atoms with Gasteiger partial charge < -0.3 is 15.4 Å². The monoisotopic (exact) mass is 365 g/mol. The summed E-state index contributed by atoms with van der Waals surface area (Å²) < 4.78 is 5.84. The van der Waals surface area contributed by atoms with Crippen molar-refractivity contribution < 1.29 is 14.3 Å². The second kappa shape index (κ2) is 9.39. The van der Waals surface area contributed by atoms with Crippen molar-refractivity contribution in [3.63, 3.8) is 0 Å². The summed E-state index contributed by atoms with van der Waals surface area (Å²) in [6.45, 7) is 5.84. The number of benzene rings is 2. The van der Waals surface area contributed by atoms with Gasteiger partial charge in [0.05, 0.1) is 6.07 Å². The Labute approximate surface area is 159 Å². The maximum atomic E-state index is 12.4. The first-order valence-corrected chi connectivity index (χ1v) is 8.74. The highest BCUT2D eigenvalue weighted by Gasteiger charge is 2.17. The maximum Gasteiger partial charge on any atom is 0.265 e. The van der Waals surface area contributed by atoms with Gasteiger partial charge in [0.1, 0.15) is 12.2 Å². The van der Waals surface area contributed by atoms with Crippen molar-refractivity contribution >= 4 is 23.2 Å². The normalized spacial score (nSPS) is 11.4. The summed E-state index contributed by atoms with van der Waals surface area (Å²) in [5, 5.41) is 13.9. The van der Waals surface area contributed by atoms with E-state index in [1.165, 1.54) is 0 Å². The third-order valence-corrected chi connectivity index (χ3v) is 3.89. The van der Waals surface area contributed by atoms with Gasteiger partial charge in [0.25, 0.3) is 5.91 Å². The van der Waals surface area contributed by atoms with Crippen LogP contribution in [0.25, 0.3) is 0 Å². The molecule has 1 atom stereocenters. The van der Waals surface area contributed by atoms with Crippen molar-refractivity contribution in [3.05, 3.63) is 54.1 Å². The molecule has 6 nitrogen and oxygen atoms in total. The number of nitriles is 1. The van der Waals surface area contributed by atoms with Gasteiger partial charge in [0.15, 0.2) is 6.10 Å². The molecule has 0 aliphatic heterocycles. The molecule has 0 spiro atoms. The fraction of sp³-hybridized carbons (Fsp3) is 0.286. The molecule has 2 aromatic carbocycles. The van der Waals surface area contributed by atoms with Gasteiger partial charge in [-0.05, 0) is 48.7 Å². The van der Waals surface area contributed by atoms with Crippen LogP contribution in [0.3, 0.4) is 0 Å². The molecular weight excluding hydrogens is 342 g/mol. The Bertz CT molecular complexity index is 838. The summed E-state index contributed by atoms with van der Waals surface area (Å²) in [7, 11) is 0. The van der Waals surface area contributed by atoms with E-state index in [9.17, 15) is 9.59 Å². The van der Waals surface area contributed by atoms with E-state index < -0.39 is 6.10 Å². The molecule has 0 saturated heterocycles. The molecule has 2 aromatic rings. The van der Waals surface area contributed by atoms with Crippen molar-refractivity contribution in [2.45, 2.75) is 39.2 Å². The van der Waals surface area contributed by atoms with Crippen LogP contribution in [0.2, 0.25) is 0 Å². The number of nitrogens with zero attached hydrogens (tertiary/aromatic N) is 1. The summed E-state index contributed by atoms with van der Waals surface area (Å²) in [5.74, 6) is 0.348. The van der Waals surface area contributed by atoms with Crippen molar-refractivity contribution in [2.75, 3.05) is 10.6 Å². The largest absolute Gasteiger partial charge is 0.481 e. The van der Waals surface area contributed by atoms with E-state index >= 15 is 0 Å². The molecule has 0 heterocycles. The number of carbonyl (C=O) groups is 2. The number of carbonyl (C=O) groups excluding carboxylic acids is 2. The molecule has 0 radical (unpaired) electrons. The van der Waals surface area contributed by atoms with Crippen molar-refractivity contribution in [1.82, 2.24) is 0 Å². The Morgan fingerprint density at radius 2 is 1.59 bits per heavy atom. The average Bonchev–Trinajstić information content (AvgIpc) is 2.63. The number of amides is 2. The highest BCUT2D eigenvalue weighted by molar-refractivity contribution is 5.95. The van der Waals surface area contributed by atoms with Crippen molar-refractivity contribution in [3.8, 4) is 11.8 Å². The predicted molar refractivity (Wildman–Crippen MR) is 105 cm³/mol. The Hall–Kier alpha value is -3.33. The first-order valence-electron chi connectivity index (χ1n) is 8.74. The number of nitrogens with one attached hydrogen (secondary N) is 2. The fourth-order valence-electron chi connectivity index (χ4n) is 2.47. The summed E-state index contributed by atoms with van der Waals surface area (Å²) in [6.07, 6.45) is -0.870. The van der Waals surface area contributed by atoms with Crippen LogP contribution < -0.4 is 15.4 Å². The summed E-state index contributed by atoms with van der Waals surface area (Å²) in [5.41, 5.74) is 2.20. The van der Waals surface area contributed by atoms with Crippen LogP contribution in [0, 0.1) is 11.3 Å². The molecule has 0 aromatic heterocycles. The van der Waals surface area contributed by atoms with Gasteiger partial charge in [-0.3, -0.25) is 9.59 Å². The van der Waals surface area contributed by atoms with Crippen LogP contribution in [0.5, 0.6) is 5.75 Å². The molecule has 27 heavy (non-hydrogen) atoms. The van der Waals surface area contributed by atoms with E-state index in [-0.39, 0.29) is 18.2 Å². The minimum atomic E-state index is -0.667. The number of ether oxygens (including phenoxy) is 1. The van der Waals surface area contributed by atoms with E-state index in [2.05, 4.69) is 24.5 Å². The third kappa shape index (κ3) is 5.86. The van der Waals surface area contributed by atoms with Gasteiger partial charge >= 0.3 is 0 Å². The minimum absolute atomic E-state index is 0.203. The highest BCUT2D eigenvalue weighted by Crippen LogP contribution is 2.27. The number of hydrogen-bond acceptors (Lipinski definition) is 4. The molecule has 0 aliphatic carbocycles. The molecule has 140 valence electrons. The van der Waals surface area contributed by atoms with Crippen LogP contribution in [-0.2, 0) is 9.59 Å². The fourth-order valence-corrected chi connectivity index (χ4v) is 2.47. The van der Waals surface area contributed by atoms with E-state index in [0.717, 1.165) is 5.56 Å². The standard InChI is InChI=1S/C21H23N3O3/c1-14(2)18-6-4-5-7-19(18)27-15(3)21(26)24-17-10-8-16(9-11-17)23-20(25)12-13-22/h4-11,14-15H,12H2,1-3H3,(H,23,25)(H,24,26). The van der Waals surface area contributed by atoms with E-state index in [1.807, 2.05) is 24.3 Å². The van der Waals surface area contributed by atoms with E-state index in [0.29, 0.717) is 23.0 Å². The Kier molecular flexibility index (Phi) is 6.95. The molecule has 2 amide bonds. The van der Waals surface area contributed by atoms with Gasteiger partial charge in [-0.25, -0.2) is 0 Å². The number of rotatable bonds is 7. The maximum absolute atomic E-state index is 12.4. The van der Waals surface area contributed by atoms with Gasteiger partial charge in [0.2, 0.25) is 5.91 Å². The van der Waals surface area contributed by atoms with Gasteiger partial charge in [-0.1, -0.05) is 32.0 Å². The zero-order valence-electron chi connectivity index (χ0n) is 15.7. The molecule has 0 fully saturated rings. The zero-order chi connectivity index (χ0) is 19.8. The summed E-state index contributed by atoms with van der Waals surface area (Å²) >= 11 is 0. The minimum Gasteiger partial charge on any atom is -0.481 e. The first kappa shape index (κ1) is 20.0. The summed E-state index contributed by atoms with van der Waals surface area (Å²) in [4.78, 5) is 23.8. The van der Waals surface area contributed by atoms with Crippen LogP contribution >= 0.6 is 0 Å². The Morgan fingerprint density at radius 1 is 1.00 bits per heavy atom. The van der Waals surface area contributed by atoms with Gasteiger partial charge in [-0.15, -0.1) is 0 Å². The lowest BCUT2D eigenvalue weighted by Gasteiger charge is -2.18. The second-order valence-corrected chi connectivity index (χ2v) is 6.40. The predicted octanol–water partition coefficient (Wildman–Crippen LogP) is 4.07. The van der Waals surface area contributed by atoms with Gasteiger partial charge in [-0.2, -0.15) is 5.26 Å². The lowest BCUT2D eigenvalue weighted by atomic mass is 10.0. The van der Waals surface area contributed by atoms with Crippen LogP contribution in [0.1, 0.15) is 38.7 Å². The van der Waals surface area contributed by atoms with E-state index in [4.69, 9.17) is 10.00 Å². The summed E-state index contributed by atoms with van der Waals surface area (Å²) in [6, 6.07) is 16.1. The van der Waals surface area contributed by atoms with Crippen LogP contribution in [0.15, 0.2) is 48.5 Å². The Morgan fingerprint density at radius 3 is 2.19 bits per heavy atom. The Balaban J connectivity index is 1.97. The van der Waals surface area contributed by atoms with Crippen LogP contribution in [-0.4, -0.2) is 17.9 Å². The molecule has 0 saturated carbocycles. The molecule has 6 heteroatoms. The van der Waals surface area contributed by atoms with E-state index in [1.54, 1.807) is 37.3 Å².